The van der Waals surface area contributed by atoms with E-state index in [9.17, 15) is 13.7 Å². The van der Waals surface area contributed by atoms with Crippen molar-refractivity contribution in [3.8, 4) is 22.9 Å². The Morgan fingerprint density at radius 1 is 1.24 bits per heavy atom. The predicted molar refractivity (Wildman–Crippen MR) is 108 cm³/mol. The number of halogens is 1. The van der Waals surface area contributed by atoms with E-state index >= 15 is 0 Å². The number of nitrogens with zero attached hydrogens (tertiary/aromatic N) is 4. The van der Waals surface area contributed by atoms with Gasteiger partial charge in [-0.05, 0) is 60.4 Å². The van der Waals surface area contributed by atoms with Crippen LogP contribution in [0.15, 0.2) is 49.1 Å². The molecule has 0 bridgehead atoms. The summed E-state index contributed by atoms with van der Waals surface area (Å²) in [5.41, 5.74) is 2.58. The summed E-state index contributed by atoms with van der Waals surface area (Å²) in [4.78, 5) is 3.95. The van der Waals surface area contributed by atoms with Gasteiger partial charge in [0.05, 0.1) is 23.1 Å². The molecule has 29 heavy (non-hydrogen) atoms. The highest BCUT2D eigenvalue weighted by atomic mass is 35.5. The van der Waals surface area contributed by atoms with Crippen molar-refractivity contribution in [2.75, 3.05) is 0 Å². The van der Waals surface area contributed by atoms with Crippen LogP contribution in [0.25, 0.3) is 11.1 Å². The molecule has 1 aromatic heterocycles. The molecule has 0 aliphatic heterocycles. The maximum atomic E-state index is 11.1. The van der Waals surface area contributed by atoms with Crippen molar-refractivity contribution in [2.45, 2.75) is 25.8 Å². The average molecular weight is 432 g/mol. The molecule has 2 N–H and O–H groups in total. The van der Waals surface area contributed by atoms with Gasteiger partial charge in [0.15, 0.2) is 5.75 Å². The molecule has 0 fully saturated rings. The molecule has 0 unspecified atom stereocenters. The molecule has 2 aromatic carbocycles. The van der Waals surface area contributed by atoms with Crippen LogP contribution < -0.4 is 9.32 Å². The first kappa shape index (κ1) is 20.8. The molecule has 0 aliphatic carbocycles. The number of nitriles is 1. The third kappa shape index (κ3) is 5.12. The van der Waals surface area contributed by atoms with Crippen molar-refractivity contribution in [3.05, 3.63) is 65.2 Å². The highest BCUT2D eigenvalue weighted by molar-refractivity contribution is 7.84. The molecule has 0 aliphatic rings. The molecule has 3 aromatic rings. The second-order valence-electron chi connectivity index (χ2n) is 6.97. The molecule has 0 saturated carbocycles. The molecular formula is C19H18ClN5O3S. The molecule has 1 heterocycles. The van der Waals surface area contributed by atoms with E-state index in [1.807, 2.05) is 32.0 Å². The minimum absolute atomic E-state index is 0.0609. The van der Waals surface area contributed by atoms with Crippen molar-refractivity contribution in [3.63, 3.8) is 0 Å². The van der Waals surface area contributed by atoms with E-state index in [0.717, 1.165) is 22.3 Å². The Morgan fingerprint density at radius 2 is 2.00 bits per heavy atom. The van der Waals surface area contributed by atoms with Crippen LogP contribution in [0.5, 0.6) is 5.75 Å². The first-order chi connectivity index (χ1) is 13.6. The van der Waals surface area contributed by atoms with Gasteiger partial charge in [0.25, 0.3) is 0 Å². The van der Waals surface area contributed by atoms with Crippen LogP contribution in [-0.4, -0.2) is 23.2 Å². The highest BCUT2D eigenvalue weighted by Gasteiger charge is 2.21. The van der Waals surface area contributed by atoms with Gasteiger partial charge >= 0.3 is 10.3 Å². The monoisotopic (exact) mass is 431 g/mol. The van der Waals surface area contributed by atoms with Crippen molar-refractivity contribution >= 4 is 21.9 Å². The molecule has 0 atom stereocenters. The Balaban J connectivity index is 2.07. The van der Waals surface area contributed by atoms with Crippen molar-refractivity contribution < 1.29 is 12.6 Å². The molecule has 10 heteroatoms. The quantitative estimate of drug-likeness (QED) is 0.639. The topological polar surface area (TPSA) is 124 Å². The van der Waals surface area contributed by atoms with Crippen LogP contribution in [-0.2, 0) is 22.3 Å². The number of nitrogens with two attached hydrogens (primary N) is 1. The molecule has 3 rings (SSSR count). The van der Waals surface area contributed by atoms with Gasteiger partial charge in [0.1, 0.15) is 12.7 Å². The zero-order chi connectivity index (χ0) is 21.2. The minimum atomic E-state index is -4.18. The standard InChI is InChI=1S/C19H18ClN5O3S/c1-19(2,10-21)16-6-13(9-25-12-23-11-24-25)5-15(7-16)14-3-4-18(17(20)8-14)28-29(22,26)27/h3-8,11-12H,9H2,1-2H3,(H2,22,26,27). The predicted octanol–water partition coefficient (Wildman–Crippen LogP) is 3.03. The lowest BCUT2D eigenvalue weighted by Crippen LogP contribution is -2.19. The van der Waals surface area contributed by atoms with Gasteiger partial charge in [0.2, 0.25) is 0 Å². The van der Waals surface area contributed by atoms with Gasteiger partial charge in [-0.15, -0.1) is 0 Å². The molecule has 8 nitrogen and oxygen atoms in total. The van der Waals surface area contributed by atoms with Crippen LogP contribution in [0.2, 0.25) is 5.02 Å². The maximum absolute atomic E-state index is 11.1. The fraction of sp³-hybridized carbons (Fsp3) is 0.211. The van der Waals surface area contributed by atoms with E-state index < -0.39 is 15.7 Å². The van der Waals surface area contributed by atoms with Crippen LogP contribution in [0.4, 0.5) is 0 Å². The largest absolute Gasteiger partial charge is 0.380 e. The van der Waals surface area contributed by atoms with Crippen LogP contribution >= 0.6 is 11.6 Å². The average Bonchev–Trinajstić information content (AvgIpc) is 3.15. The Kier molecular flexibility index (Phi) is 5.61. The van der Waals surface area contributed by atoms with Gasteiger partial charge in [-0.3, -0.25) is 0 Å². The summed E-state index contributed by atoms with van der Waals surface area (Å²) in [7, 11) is -4.18. The molecule has 0 amide bonds. The second-order valence-corrected chi connectivity index (χ2v) is 8.53. The molecule has 0 saturated heterocycles. The zero-order valence-corrected chi connectivity index (χ0v) is 17.3. The summed E-state index contributed by atoms with van der Waals surface area (Å²) >= 11 is 6.18. The van der Waals surface area contributed by atoms with E-state index in [1.54, 1.807) is 23.1 Å². The van der Waals surface area contributed by atoms with Crippen LogP contribution in [0.3, 0.4) is 0 Å². The molecule has 150 valence electrons. The number of aromatic nitrogens is 3. The normalized spacial score (nSPS) is 11.8. The number of hydrogen-bond acceptors (Lipinski definition) is 6. The smallest absolute Gasteiger partial charge is 0.369 e. The Bertz CT molecular complexity index is 1190. The summed E-state index contributed by atoms with van der Waals surface area (Å²) in [6.07, 6.45) is 3.06. The summed E-state index contributed by atoms with van der Waals surface area (Å²) in [5, 5.41) is 18.7. The number of rotatable bonds is 6. The lowest BCUT2D eigenvalue weighted by molar-refractivity contribution is 0.488. The fourth-order valence-electron chi connectivity index (χ4n) is 2.75. The Labute approximate surface area is 173 Å². The number of benzene rings is 2. The van der Waals surface area contributed by atoms with Crippen molar-refractivity contribution in [1.29, 1.82) is 5.26 Å². The first-order valence-corrected chi connectivity index (χ1v) is 10.3. The third-order valence-corrected chi connectivity index (χ3v) is 4.98. The summed E-state index contributed by atoms with van der Waals surface area (Å²) in [5.74, 6) is -0.0609. The first-order valence-electron chi connectivity index (χ1n) is 8.48. The zero-order valence-electron chi connectivity index (χ0n) is 15.7. The maximum Gasteiger partial charge on any atom is 0.380 e. The Hall–Kier alpha value is -2.93. The minimum Gasteiger partial charge on any atom is -0.369 e. The van der Waals surface area contributed by atoms with Gasteiger partial charge in [0, 0.05) is 0 Å². The van der Waals surface area contributed by atoms with E-state index in [2.05, 4.69) is 20.3 Å². The third-order valence-electron chi connectivity index (χ3n) is 4.28. The summed E-state index contributed by atoms with van der Waals surface area (Å²) in [6, 6.07) is 12.8. The molecule has 0 spiro atoms. The second kappa shape index (κ2) is 7.83. The van der Waals surface area contributed by atoms with Gasteiger partial charge in [-0.1, -0.05) is 23.7 Å². The number of hydrogen-bond donors (Lipinski definition) is 1. The van der Waals surface area contributed by atoms with Crippen LogP contribution in [0.1, 0.15) is 25.0 Å². The SMILES string of the molecule is CC(C)(C#N)c1cc(Cn2cncn2)cc(-c2ccc(OS(N)(=O)=O)c(Cl)c2)c1. The fourth-order valence-corrected chi connectivity index (χ4v) is 3.41. The Morgan fingerprint density at radius 3 is 2.59 bits per heavy atom. The van der Waals surface area contributed by atoms with E-state index in [0.29, 0.717) is 6.54 Å². The van der Waals surface area contributed by atoms with Crippen molar-refractivity contribution in [1.82, 2.24) is 14.8 Å². The lowest BCUT2D eigenvalue weighted by atomic mass is 9.83. The van der Waals surface area contributed by atoms with E-state index in [-0.39, 0.29) is 10.8 Å². The van der Waals surface area contributed by atoms with Gasteiger partial charge in [-0.2, -0.15) is 23.9 Å². The molecular weight excluding hydrogens is 414 g/mol. The lowest BCUT2D eigenvalue weighted by Gasteiger charge is -2.19. The van der Waals surface area contributed by atoms with Gasteiger partial charge < -0.3 is 4.18 Å². The van der Waals surface area contributed by atoms with Gasteiger partial charge in [-0.25, -0.2) is 9.67 Å². The van der Waals surface area contributed by atoms with E-state index in [1.165, 1.54) is 12.4 Å². The summed E-state index contributed by atoms with van der Waals surface area (Å²) in [6.45, 7) is 4.14. The summed E-state index contributed by atoms with van der Waals surface area (Å²) < 4.78 is 28.6. The van der Waals surface area contributed by atoms with E-state index in [4.69, 9.17) is 16.7 Å². The highest BCUT2D eigenvalue weighted by Crippen LogP contribution is 2.34. The molecule has 0 radical (unpaired) electrons. The van der Waals surface area contributed by atoms with Crippen LogP contribution in [0, 0.1) is 11.3 Å². The van der Waals surface area contributed by atoms with Crippen molar-refractivity contribution in [2.24, 2.45) is 5.14 Å².